The van der Waals surface area contributed by atoms with Crippen molar-refractivity contribution in [3.05, 3.63) is 61.1 Å². The number of esters is 1. The van der Waals surface area contributed by atoms with Crippen LogP contribution in [-0.4, -0.2) is 41.7 Å². The van der Waals surface area contributed by atoms with Gasteiger partial charge in [-0.15, -0.1) is 0 Å². The van der Waals surface area contributed by atoms with Crippen molar-refractivity contribution in [2.45, 2.75) is 0 Å². The number of amides is 1. The van der Waals surface area contributed by atoms with E-state index in [0.717, 1.165) is 6.07 Å². The number of ether oxygens (including phenoxy) is 1. The lowest BCUT2D eigenvalue weighted by atomic mass is 10.1. The third kappa shape index (κ3) is 6.20. The zero-order valence-corrected chi connectivity index (χ0v) is 16.8. The molecule has 1 amide bonds. The van der Waals surface area contributed by atoms with E-state index in [-0.39, 0.29) is 50.8 Å². The summed E-state index contributed by atoms with van der Waals surface area (Å²) in [5.74, 6) is -1.71. The van der Waals surface area contributed by atoms with Gasteiger partial charge >= 0.3 is 5.97 Å². The quantitative estimate of drug-likeness (QED) is 0.309. The summed E-state index contributed by atoms with van der Waals surface area (Å²) in [5, 5.41) is 25.5. The van der Waals surface area contributed by atoms with Crippen molar-refractivity contribution >= 4 is 63.7 Å². The summed E-state index contributed by atoms with van der Waals surface area (Å²) >= 11 is 17.7. The molecule has 0 aliphatic heterocycles. The first-order valence-corrected chi connectivity index (χ1v) is 9.11. The SMILES string of the molecule is O=C(COC(=O)c1cc([N+](=O)[O-])ccc1NCCO)Nc1c(Cl)cc(Cl)cc1Cl. The number of benzene rings is 2. The molecule has 3 N–H and O–H groups in total. The number of carbonyl (C=O) groups is 2. The van der Waals surface area contributed by atoms with E-state index in [1.54, 1.807) is 0 Å². The first-order valence-electron chi connectivity index (χ1n) is 7.97. The normalized spacial score (nSPS) is 10.3. The maximum absolute atomic E-state index is 12.3. The van der Waals surface area contributed by atoms with Crippen LogP contribution < -0.4 is 10.6 Å². The van der Waals surface area contributed by atoms with Crippen LogP contribution in [0.2, 0.25) is 15.1 Å². The molecule has 2 rings (SSSR count). The number of nitro benzene ring substituents is 1. The molecule has 0 aromatic heterocycles. The first-order chi connectivity index (χ1) is 13.7. The number of rotatable bonds is 8. The van der Waals surface area contributed by atoms with Crippen molar-refractivity contribution in [2.24, 2.45) is 0 Å². The summed E-state index contributed by atoms with van der Waals surface area (Å²) in [4.78, 5) is 34.7. The number of carbonyl (C=O) groups excluding carboxylic acids is 2. The molecule has 2 aromatic carbocycles. The largest absolute Gasteiger partial charge is 0.452 e. The van der Waals surface area contributed by atoms with Crippen molar-refractivity contribution in [1.29, 1.82) is 0 Å². The van der Waals surface area contributed by atoms with E-state index in [1.807, 2.05) is 0 Å². The third-order valence-electron chi connectivity index (χ3n) is 3.47. The van der Waals surface area contributed by atoms with Gasteiger partial charge in [0.1, 0.15) is 0 Å². The van der Waals surface area contributed by atoms with E-state index in [1.165, 1.54) is 24.3 Å². The summed E-state index contributed by atoms with van der Waals surface area (Å²) in [5.41, 5.74) is -0.197. The average Bonchev–Trinajstić information content (AvgIpc) is 2.67. The molecule has 0 saturated carbocycles. The maximum Gasteiger partial charge on any atom is 0.341 e. The Hall–Kier alpha value is -2.59. The Balaban J connectivity index is 2.11. The molecule has 0 heterocycles. The molecule has 29 heavy (non-hydrogen) atoms. The summed E-state index contributed by atoms with van der Waals surface area (Å²) in [6, 6.07) is 6.25. The van der Waals surface area contributed by atoms with Gasteiger partial charge in [-0.3, -0.25) is 14.9 Å². The molecule has 0 fully saturated rings. The summed E-state index contributed by atoms with van der Waals surface area (Å²) in [6.07, 6.45) is 0. The Bertz CT molecular complexity index is 931. The van der Waals surface area contributed by atoms with Crippen LogP contribution >= 0.6 is 34.8 Å². The van der Waals surface area contributed by atoms with Gasteiger partial charge in [-0.2, -0.15) is 0 Å². The molecule has 0 spiro atoms. The van der Waals surface area contributed by atoms with Crippen LogP contribution in [0, 0.1) is 10.1 Å². The highest BCUT2D eigenvalue weighted by Crippen LogP contribution is 2.33. The molecule has 2 aromatic rings. The molecule has 0 saturated heterocycles. The van der Waals surface area contributed by atoms with Gasteiger partial charge in [-0.25, -0.2) is 4.79 Å². The molecule has 154 valence electrons. The smallest absolute Gasteiger partial charge is 0.341 e. The molecular formula is C17H14Cl3N3O6. The molecule has 0 aliphatic rings. The van der Waals surface area contributed by atoms with Gasteiger partial charge in [0.25, 0.3) is 11.6 Å². The van der Waals surface area contributed by atoms with Crippen LogP contribution in [0.1, 0.15) is 10.4 Å². The lowest BCUT2D eigenvalue weighted by molar-refractivity contribution is -0.384. The van der Waals surface area contributed by atoms with Gasteiger partial charge in [-0.1, -0.05) is 34.8 Å². The van der Waals surface area contributed by atoms with Gasteiger partial charge in [-0.05, 0) is 18.2 Å². The molecular weight excluding hydrogens is 449 g/mol. The van der Waals surface area contributed by atoms with E-state index in [2.05, 4.69) is 10.6 Å². The lowest BCUT2D eigenvalue weighted by Gasteiger charge is -2.12. The van der Waals surface area contributed by atoms with Gasteiger partial charge < -0.3 is 20.5 Å². The van der Waals surface area contributed by atoms with Crippen LogP contribution in [0.5, 0.6) is 0 Å². The number of anilines is 2. The predicted molar refractivity (Wildman–Crippen MR) is 109 cm³/mol. The van der Waals surface area contributed by atoms with Gasteiger partial charge in [0, 0.05) is 29.4 Å². The van der Waals surface area contributed by atoms with Gasteiger partial charge in [0.15, 0.2) is 6.61 Å². The van der Waals surface area contributed by atoms with Crippen molar-refractivity contribution in [2.75, 3.05) is 30.4 Å². The van der Waals surface area contributed by atoms with Crippen molar-refractivity contribution in [3.8, 4) is 0 Å². The second-order valence-corrected chi connectivity index (χ2v) is 6.76. The van der Waals surface area contributed by atoms with E-state index in [4.69, 9.17) is 44.6 Å². The maximum atomic E-state index is 12.3. The molecule has 9 nitrogen and oxygen atoms in total. The highest BCUT2D eigenvalue weighted by molar-refractivity contribution is 6.42. The number of hydrogen-bond acceptors (Lipinski definition) is 7. The number of halogens is 3. The molecule has 0 radical (unpaired) electrons. The fraction of sp³-hybridized carbons (Fsp3) is 0.176. The standard InChI is InChI=1S/C17H14Cl3N3O6/c18-9-5-12(19)16(13(20)6-9)22-15(25)8-29-17(26)11-7-10(23(27)28)1-2-14(11)21-3-4-24/h1-2,5-7,21,24H,3-4,8H2,(H,22,25). The summed E-state index contributed by atoms with van der Waals surface area (Å²) < 4.78 is 4.93. The Morgan fingerprint density at radius 2 is 1.79 bits per heavy atom. The zero-order chi connectivity index (χ0) is 21.6. The second kappa shape index (κ2) is 10.3. The first kappa shape index (κ1) is 22.7. The molecule has 0 bridgehead atoms. The Morgan fingerprint density at radius 1 is 1.14 bits per heavy atom. The minimum absolute atomic E-state index is 0.0938. The van der Waals surface area contributed by atoms with Crippen molar-refractivity contribution in [3.63, 3.8) is 0 Å². The van der Waals surface area contributed by atoms with Crippen LogP contribution in [0.3, 0.4) is 0 Å². The molecule has 12 heteroatoms. The van der Waals surface area contributed by atoms with E-state index in [0.29, 0.717) is 0 Å². The Labute approximate surface area is 179 Å². The van der Waals surface area contributed by atoms with Crippen molar-refractivity contribution < 1.29 is 24.4 Å². The van der Waals surface area contributed by atoms with Crippen LogP contribution in [0.15, 0.2) is 30.3 Å². The number of nitrogens with one attached hydrogen (secondary N) is 2. The predicted octanol–water partition coefficient (Wildman–Crippen LogP) is 3.75. The highest BCUT2D eigenvalue weighted by atomic mass is 35.5. The monoisotopic (exact) mass is 461 g/mol. The minimum Gasteiger partial charge on any atom is -0.452 e. The van der Waals surface area contributed by atoms with Gasteiger partial charge in [0.2, 0.25) is 0 Å². The topological polar surface area (TPSA) is 131 Å². The Morgan fingerprint density at radius 3 is 2.38 bits per heavy atom. The summed E-state index contributed by atoms with van der Waals surface area (Å²) in [7, 11) is 0. The number of aliphatic hydroxyl groups is 1. The number of non-ortho nitro benzene ring substituents is 1. The highest BCUT2D eigenvalue weighted by Gasteiger charge is 2.20. The number of aliphatic hydroxyl groups excluding tert-OH is 1. The minimum atomic E-state index is -0.974. The van der Waals surface area contributed by atoms with Gasteiger partial charge in [0.05, 0.1) is 32.8 Å². The second-order valence-electron chi connectivity index (χ2n) is 5.51. The van der Waals surface area contributed by atoms with E-state index in [9.17, 15) is 19.7 Å². The zero-order valence-electron chi connectivity index (χ0n) is 14.6. The molecule has 0 atom stereocenters. The molecule has 0 unspecified atom stereocenters. The fourth-order valence-corrected chi connectivity index (χ4v) is 3.12. The lowest BCUT2D eigenvalue weighted by Crippen LogP contribution is -2.22. The van der Waals surface area contributed by atoms with Crippen LogP contribution in [0.4, 0.5) is 17.1 Å². The average molecular weight is 463 g/mol. The van der Waals surface area contributed by atoms with E-state index < -0.39 is 23.4 Å². The van der Waals surface area contributed by atoms with E-state index >= 15 is 0 Å². The van der Waals surface area contributed by atoms with Crippen LogP contribution in [0.25, 0.3) is 0 Å². The van der Waals surface area contributed by atoms with Crippen LogP contribution in [-0.2, 0) is 9.53 Å². The summed E-state index contributed by atoms with van der Waals surface area (Å²) in [6.45, 7) is -0.821. The number of nitro groups is 1. The number of nitrogens with zero attached hydrogens (tertiary/aromatic N) is 1. The third-order valence-corrected chi connectivity index (χ3v) is 4.28. The fourth-order valence-electron chi connectivity index (χ4n) is 2.21. The number of hydrogen-bond donors (Lipinski definition) is 3. The Kier molecular flexibility index (Phi) is 8.03. The molecule has 0 aliphatic carbocycles. The van der Waals surface area contributed by atoms with Crippen molar-refractivity contribution in [1.82, 2.24) is 0 Å².